The van der Waals surface area contributed by atoms with Crippen LogP contribution in [-0.4, -0.2) is 45.3 Å². The predicted octanol–water partition coefficient (Wildman–Crippen LogP) is 2.60. The van der Waals surface area contributed by atoms with E-state index in [0.717, 1.165) is 17.7 Å². The summed E-state index contributed by atoms with van der Waals surface area (Å²) < 4.78 is 7.11. The summed E-state index contributed by atoms with van der Waals surface area (Å²) in [6.45, 7) is 2.64. The van der Waals surface area contributed by atoms with Crippen LogP contribution in [0, 0.1) is 12.8 Å². The van der Waals surface area contributed by atoms with Gasteiger partial charge in [0.1, 0.15) is 17.0 Å². The molecule has 1 fully saturated rings. The van der Waals surface area contributed by atoms with Gasteiger partial charge in [0.15, 0.2) is 0 Å². The number of carbonyl (C=O) groups excluding carboxylic acids is 1. The number of nitrogens with zero attached hydrogens (tertiary/aromatic N) is 3. The smallest absolute Gasteiger partial charge is 0.259 e. The van der Waals surface area contributed by atoms with E-state index in [9.17, 15) is 14.7 Å². The molecule has 154 valence electrons. The van der Waals surface area contributed by atoms with Crippen molar-refractivity contribution in [2.45, 2.75) is 25.3 Å². The van der Waals surface area contributed by atoms with Crippen LogP contribution in [0.15, 0.2) is 57.8 Å². The van der Waals surface area contributed by atoms with E-state index in [1.807, 2.05) is 41.3 Å². The molecule has 7 nitrogen and oxygen atoms in total. The number of aliphatic hydroxyl groups is 1. The first-order chi connectivity index (χ1) is 14.6. The van der Waals surface area contributed by atoms with Crippen LogP contribution in [0.4, 0.5) is 0 Å². The number of hydrogen-bond donors (Lipinski definition) is 1. The van der Waals surface area contributed by atoms with E-state index in [2.05, 4.69) is 5.16 Å². The van der Waals surface area contributed by atoms with Crippen LogP contribution in [0.2, 0.25) is 0 Å². The van der Waals surface area contributed by atoms with Crippen LogP contribution in [0.25, 0.3) is 11.3 Å². The van der Waals surface area contributed by atoms with Gasteiger partial charge in [0.05, 0.1) is 12.6 Å². The third-order valence-electron chi connectivity index (χ3n) is 6.40. The quantitative estimate of drug-likeness (QED) is 0.724. The molecule has 4 heterocycles. The Kier molecular flexibility index (Phi) is 4.55. The van der Waals surface area contributed by atoms with Crippen LogP contribution < -0.4 is 5.56 Å². The molecule has 0 saturated carbocycles. The van der Waals surface area contributed by atoms with Crippen LogP contribution in [0.1, 0.15) is 40.2 Å². The molecule has 3 aromatic rings. The summed E-state index contributed by atoms with van der Waals surface area (Å²) in [6.07, 6.45) is 0.854. The Balaban J connectivity index is 1.52. The number of pyridine rings is 1. The first-order valence-corrected chi connectivity index (χ1v) is 10.2. The van der Waals surface area contributed by atoms with Gasteiger partial charge >= 0.3 is 0 Å². The second-order valence-corrected chi connectivity index (χ2v) is 8.14. The Morgan fingerprint density at radius 2 is 1.97 bits per heavy atom. The van der Waals surface area contributed by atoms with Crippen molar-refractivity contribution in [3.63, 3.8) is 0 Å². The summed E-state index contributed by atoms with van der Waals surface area (Å²) in [6, 6.07) is 14.4. The van der Waals surface area contributed by atoms with Crippen molar-refractivity contribution in [2.24, 2.45) is 5.92 Å². The lowest BCUT2D eigenvalue weighted by molar-refractivity contribution is 0.0436. The maximum absolute atomic E-state index is 13.6. The number of likely N-dealkylation sites (tertiary alicyclic amines) is 1. The Hall–Kier alpha value is -3.19. The lowest BCUT2D eigenvalue weighted by Gasteiger charge is -2.46. The largest absolute Gasteiger partial charge is 0.394 e. The van der Waals surface area contributed by atoms with Gasteiger partial charge in [-0.1, -0.05) is 41.6 Å². The number of carbonyl (C=O) groups is 1. The third-order valence-corrected chi connectivity index (χ3v) is 6.40. The van der Waals surface area contributed by atoms with Gasteiger partial charge in [-0.25, -0.2) is 0 Å². The van der Waals surface area contributed by atoms with Crippen LogP contribution in [-0.2, 0) is 0 Å². The maximum atomic E-state index is 13.6. The number of aromatic nitrogens is 2. The van der Waals surface area contributed by atoms with Gasteiger partial charge in [0.2, 0.25) is 0 Å². The van der Waals surface area contributed by atoms with Crippen molar-refractivity contribution in [1.29, 1.82) is 0 Å². The lowest BCUT2D eigenvalue weighted by atomic mass is 9.78. The normalized spacial score (nSPS) is 22.6. The molecular formula is C23H23N3O4. The average Bonchev–Trinajstić information content (AvgIpc) is 3.16. The molecule has 0 aliphatic carbocycles. The highest BCUT2D eigenvalue weighted by Crippen LogP contribution is 2.41. The highest BCUT2D eigenvalue weighted by atomic mass is 16.5. The summed E-state index contributed by atoms with van der Waals surface area (Å²) >= 11 is 0. The fraction of sp³-hybridized carbons (Fsp3) is 0.348. The highest BCUT2D eigenvalue weighted by molar-refractivity contribution is 6.00. The van der Waals surface area contributed by atoms with Crippen LogP contribution in [0.5, 0.6) is 0 Å². The molecule has 0 unspecified atom stereocenters. The SMILES string of the molecule is Cc1onc(-c2ccccc2)c1C(=O)N1C[C@H]2C[C@@H](C1)[C@H](CO)n1c2cccc1=O. The second kappa shape index (κ2) is 7.25. The van der Waals surface area contributed by atoms with Gasteiger partial charge in [0, 0.05) is 42.2 Å². The van der Waals surface area contributed by atoms with Crippen molar-refractivity contribution in [3.8, 4) is 11.3 Å². The number of hydrogen-bond acceptors (Lipinski definition) is 5. The summed E-state index contributed by atoms with van der Waals surface area (Å²) in [5, 5.41) is 14.2. The van der Waals surface area contributed by atoms with Gasteiger partial charge in [-0.3, -0.25) is 9.59 Å². The van der Waals surface area contributed by atoms with E-state index in [0.29, 0.717) is 30.1 Å². The number of piperidine rings is 1. The maximum Gasteiger partial charge on any atom is 0.259 e. The molecule has 1 amide bonds. The number of fused-ring (bicyclic) bond motifs is 4. The standard InChI is InChI=1S/C23H23N3O4/c1-14-21(22(24-30-14)15-6-3-2-4-7-15)23(29)25-11-16-10-17(12-25)19(13-27)26-18(16)8-5-9-20(26)28/h2-9,16-17,19,27H,10-13H2,1H3/t16-,17+,19+/m1/s1. The van der Waals surface area contributed by atoms with E-state index < -0.39 is 0 Å². The Morgan fingerprint density at radius 3 is 2.73 bits per heavy atom. The van der Waals surface area contributed by atoms with Crippen molar-refractivity contribution < 1.29 is 14.4 Å². The molecule has 7 heteroatoms. The highest BCUT2D eigenvalue weighted by Gasteiger charge is 2.42. The molecule has 30 heavy (non-hydrogen) atoms. The van der Waals surface area contributed by atoms with E-state index >= 15 is 0 Å². The molecule has 1 saturated heterocycles. The number of amides is 1. The summed E-state index contributed by atoms with van der Waals surface area (Å²) in [5.74, 6) is 0.450. The van der Waals surface area contributed by atoms with Crippen LogP contribution >= 0.6 is 0 Å². The number of rotatable bonds is 3. The molecule has 2 aromatic heterocycles. The lowest BCUT2D eigenvalue weighted by Crippen LogP contribution is -2.52. The topological polar surface area (TPSA) is 88.6 Å². The van der Waals surface area contributed by atoms with Crippen molar-refractivity contribution in [2.75, 3.05) is 19.7 Å². The zero-order valence-corrected chi connectivity index (χ0v) is 16.7. The molecular weight excluding hydrogens is 382 g/mol. The first kappa shape index (κ1) is 18.8. The monoisotopic (exact) mass is 405 g/mol. The molecule has 0 radical (unpaired) electrons. The van der Waals surface area contributed by atoms with Crippen molar-refractivity contribution in [3.05, 3.63) is 75.9 Å². The fourth-order valence-electron chi connectivity index (χ4n) is 5.02. The van der Waals surface area contributed by atoms with Crippen LogP contribution in [0.3, 0.4) is 0 Å². The van der Waals surface area contributed by atoms with E-state index in [4.69, 9.17) is 4.52 Å². The Morgan fingerprint density at radius 1 is 1.17 bits per heavy atom. The third kappa shape index (κ3) is 2.89. The zero-order valence-electron chi connectivity index (χ0n) is 16.7. The molecule has 5 rings (SSSR count). The molecule has 2 aliphatic heterocycles. The van der Waals surface area contributed by atoms with Crippen molar-refractivity contribution >= 4 is 5.91 Å². The number of aliphatic hydroxyl groups excluding tert-OH is 1. The molecule has 0 spiro atoms. The van der Waals surface area contributed by atoms with Gasteiger partial charge in [0.25, 0.3) is 11.5 Å². The van der Waals surface area contributed by atoms with E-state index in [1.54, 1.807) is 17.6 Å². The molecule has 1 N–H and O–H groups in total. The minimum Gasteiger partial charge on any atom is -0.394 e. The van der Waals surface area contributed by atoms with Gasteiger partial charge in [-0.2, -0.15) is 0 Å². The molecule has 1 aromatic carbocycles. The summed E-state index contributed by atoms with van der Waals surface area (Å²) in [5.41, 5.74) is 2.65. The summed E-state index contributed by atoms with van der Waals surface area (Å²) in [7, 11) is 0. The first-order valence-electron chi connectivity index (χ1n) is 10.2. The Labute approximate surface area is 173 Å². The molecule has 3 atom stereocenters. The van der Waals surface area contributed by atoms with E-state index in [1.165, 1.54) is 6.07 Å². The van der Waals surface area contributed by atoms with Gasteiger partial charge in [-0.15, -0.1) is 0 Å². The molecule has 2 bridgehead atoms. The number of aryl methyl sites for hydroxylation is 1. The molecule has 2 aliphatic rings. The fourth-order valence-corrected chi connectivity index (χ4v) is 5.02. The average molecular weight is 405 g/mol. The summed E-state index contributed by atoms with van der Waals surface area (Å²) in [4.78, 5) is 27.9. The second-order valence-electron chi connectivity index (χ2n) is 8.14. The number of benzene rings is 1. The van der Waals surface area contributed by atoms with E-state index in [-0.39, 0.29) is 36.0 Å². The minimum atomic E-state index is -0.322. The minimum absolute atomic E-state index is 0.0191. The van der Waals surface area contributed by atoms with Gasteiger partial charge < -0.3 is 19.1 Å². The predicted molar refractivity (Wildman–Crippen MR) is 110 cm³/mol. The van der Waals surface area contributed by atoms with Gasteiger partial charge in [-0.05, 0) is 19.4 Å². The Bertz CT molecular complexity index is 1150. The van der Waals surface area contributed by atoms with Crippen molar-refractivity contribution in [1.82, 2.24) is 14.6 Å². The zero-order chi connectivity index (χ0) is 20.8.